The first-order chi connectivity index (χ1) is 23.5. The van der Waals surface area contributed by atoms with E-state index in [9.17, 15) is 23.2 Å². The number of rotatable bonds is 13. The number of halogens is 2. The fourth-order valence-electron chi connectivity index (χ4n) is 5.20. The van der Waals surface area contributed by atoms with Gasteiger partial charge in [-0.05, 0) is 93.6 Å². The highest BCUT2D eigenvalue weighted by Crippen LogP contribution is 2.19. The number of benzene rings is 3. The van der Waals surface area contributed by atoms with Crippen LogP contribution in [0.2, 0.25) is 0 Å². The van der Waals surface area contributed by atoms with Crippen LogP contribution < -0.4 is 21.5 Å². The Labute approximate surface area is 282 Å². The van der Waals surface area contributed by atoms with Crippen LogP contribution in [0, 0.1) is 18.6 Å². The quantitative estimate of drug-likeness (QED) is 0.156. The Morgan fingerprint density at radius 2 is 1.73 bits per heavy atom. The molecule has 254 valence electrons. The van der Waals surface area contributed by atoms with Crippen LogP contribution in [0.5, 0.6) is 0 Å². The van der Waals surface area contributed by atoms with Crippen molar-refractivity contribution in [1.82, 2.24) is 34.9 Å². The van der Waals surface area contributed by atoms with Gasteiger partial charge in [0.25, 0.3) is 17.4 Å². The first-order valence-corrected chi connectivity index (χ1v) is 15.7. The van der Waals surface area contributed by atoms with Crippen LogP contribution >= 0.6 is 0 Å². The fraction of sp³-hybridized carbons (Fsp3) is 0.250. The first kappa shape index (κ1) is 34.6. The molecular formula is C36H38F2N8O3. The second-order valence-electron chi connectivity index (χ2n) is 11.8. The molecule has 13 heteroatoms. The number of amides is 2. The number of nitrogens with one attached hydrogen (secondary N) is 3. The number of anilines is 2. The maximum absolute atomic E-state index is 13.7. The van der Waals surface area contributed by atoms with Gasteiger partial charge in [-0.15, -0.1) is 0 Å². The molecule has 0 aliphatic rings. The van der Waals surface area contributed by atoms with E-state index in [0.717, 1.165) is 47.3 Å². The lowest BCUT2D eigenvalue weighted by atomic mass is 10.1. The Kier molecular flexibility index (Phi) is 10.9. The van der Waals surface area contributed by atoms with Crippen LogP contribution in [0.4, 0.5) is 20.4 Å². The Morgan fingerprint density at radius 3 is 2.47 bits per heavy atom. The zero-order valence-electron chi connectivity index (χ0n) is 27.8. The molecule has 49 heavy (non-hydrogen) atoms. The van der Waals surface area contributed by atoms with Crippen molar-refractivity contribution in [2.24, 2.45) is 7.05 Å². The molecule has 0 fully saturated rings. The number of nitrogens with zero attached hydrogens (tertiary/aromatic N) is 5. The standard InChI is InChI=1S/C36H38F2N8O3/c1-23-32(35(49)46(45(23)4)22-25-8-14-29(37)30(38)20-25)34(48)40-16-5-7-24-9-15-31-27(19-24)21-41-36(43-31)42-28-12-10-26(11-13-28)33(47)39-17-6-18-44(2)3/h5,7-15,19-21H,6,16-18,22H2,1-4H3,(H,39,47)(H,40,48)(H,41,42,43). The minimum absolute atomic E-state index is 0.0154. The molecule has 0 radical (unpaired) electrons. The normalized spacial score (nSPS) is 11.4. The third kappa shape index (κ3) is 8.62. The molecule has 0 spiro atoms. The number of fused-ring (bicyclic) bond motifs is 1. The van der Waals surface area contributed by atoms with Gasteiger partial charge in [0, 0.05) is 48.7 Å². The van der Waals surface area contributed by atoms with Crippen molar-refractivity contribution >= 4 is 40.4 Å². The molecule has 3 aromatic carbocycles. The zero-order chi connectivity index (χ0) is 35.1. The highest BCUT2D eigenvalue weighted by Gasteiger charge is 2.21. The maximum Gasteiger partial charge on any atom is 0.280 e. The van der Waals surface area contributed by atoms with Crippen LogP contribution in [-0.4, -0.2) is 69.8 Å². The minimum Gasteiger partial charge on any atom is -0.352 e. The Bertz CT molecular complexity index is 2070. The lowest BCUT2D eigenvalue weighted by molar-refractivity contribution is 0.0945. The van der Waals surface area contributed by atoms with Crippen molar-refractivity contribution in [3.63, 3.8) is 0 Å². The molecule has 0 unspecified atom stereocenters. The van der Waals surface area contributed by atoms with E-state index in [0.29, 0.717) is 29.3 Å². The summed E-state index contributed by atoms with van der Waals surface area (Å²) in [6.45, 7) is 3.32. The fourth-order valence-corrected chi connectivity index (χ4v) is 5.20. The Morgan fingerprint density at radius 1 is 0.959 bits per heavy atom. The third-order valence-electron chi connectivity index (χ3n) is 7.97. The highest BCUT2D eigenvalue weighted by molar-refractivity contribution is 5.95. The SMILES string of the molecule is Cc1c(C(=O)NCC=Cc2ccc3nc(Nc4ccc(C(=O)NCCCN(C)C)cc4)ncc3c2)c(=O)n(Cc2ccc(F)c(F)c2)n1C. The summed E-state index contributed by atoms with van der Waals surface area (Å²) in [5.74, 6) is -2.21. The lowest BCUT2D eigenvalue weighted by Gasteiger charge is -2.10. The Hall–Kier alpha value is -5.69. The summed E-state index contributed by atoms with van der Waals surface area (Å²) in [5.41, 5.74) is 3.22. The van der Waals surface area contributed by atoms with Crippen LogP contribution in [0.3, 0.4) is 0 Å². The summed E-state index contributed by atoms with van der Waals surface area (Å²) in [7, 11) is 5.62. The molecule has 0 atom stereocenters. The average molecular weight is 669 g/mol. The number of aromatic nitrogens is 4. The van der Waals surface area contributed by atoms with E-state index >= 15 is 0 Å². The second-order valence-corrected chi connectivity index (χ2v) is 11.8. The summed E-state index contributed by atoms with van der Waals surface area (Å²) < 4.78 is 29.8. The van der Waals surface area contributed by atoms with Crippen molar-refractivity contribution < 1.29 is 18.4 Å². The topological polar surface area (TPSA) is 126 Å². The Balaban J connectivity index is 1.15. The third-order valence-corrected chi connectivity index (χ3v) is 7.97. The molecule has 0 saturated heterocycles. The monoisotopic (exact) mass is 668 g/mol. The van der Waals surface area contributed by atoms with Crippen LogP contribution in [0.15, 0.2) is 77.7 Å². The van der Waals surface area contributed by atoms with Gasteiger partial charge in [0.1, 0.15) is 5.56 Å². The van der Waals surface area contributed by atoms with E-state index in [1.54, 1.807) is 50.5 Å². The minimum atomic E-state index is -1.01. The molecule has 0 aliphatic carbocycles. The number of carbonyl (C=O) groups is 2. The molecule has 0 bridgehead atoms. The first-order valence-electron chi connectivity index (χ1n) is 15.7. The number of hydrogen-bond acceptors (Lipinski definition) is 7. The highest BCUT2D eigenvalue weighted by atomic mass is 19.2. The van der Waals surface area contributed by atoms with Gasteiger partial charge in [0.15, 0.2) is 11.6 Å². The molecule has 0 aliphatic heterocycles. The van der Waals surface area contributed by atoms with E-state index in [2.05, 4.69) is 30.8 Å². The second kappa shape index (κ2) is 15.5. The van der Waals surface area contributed by atoms with Gasteiger partial charge in [-0.1, -0.05) is 24.3 Å². The van der Waals surface area contributed by atoms with E-state index in [-0.39, 0.29) is 24.6 Å². The van der Waals surface area contributed by atoms with Crippen molar-refractivity contribution in [2.45, 2.75) is 19.9 Å². The van der Waals surface area contributed by atoms with Crippen molar-refractivity contribution in [3.05, 3.63) is 123 Å². The molecule has 11 nitrogen and oxygen atoms in total. The van der Waals surface area contributed by atoms with Crippen LogP contribution in [0.25, 0.3) is 17.0 Å². The number of carbonyl (C=O) groups excluding carboxylic acids is 2. The van der Waals surface area contributed by atoms with Gasteiger partial charge < -0.3 is 20.9 Å². The summed E-state index contributed by atoms with van der Waals surface area (Å²) in [4.78, 5) is 49.5. The van der Waals surface area contributed by atoms with Gasteiger partial charge in [-0.2, -0.15) is 0 Å². The average Bonchev–Trinajstić information content (AvgIpc) is 3.29. The van der Waals surface area contributed by atoms with Gasteiger partial charge in [0.2, 0.25) is 5.95 Å². The zero-order valence-corrected chi connectivity index (χ0v) is 27.8. The molecule has 5 rings (SSSR count). The molecule has 2 aromatic heterocycles. The van der Waals surface area contributed by atoms with Crippen molar-refractivity contribution in [1.29, 1.82) is 0 Å². The molecular weight excluding hydrogens is 630 g/mol. The summed E-state index contributed by atoms with van der Waals surface area (Å²) in [6, 6.07) is 16.2. The van der Waals surface area contributed by atoms with Crippen LogP contribution in [-0.2, 0) is 13.6 Å². The van der Waals surface area contributed by atoms with Crippen molar-refractivity contribution in [2.75, 3.05) is 39.0 Å². The summed E-state index contributed by atoms with van der Waals surface area (Å²) >= 11 is 0. The van der Waals surface area contributed by atoms with Gasteiger partial charge in [-0.25, -0.2) is 23.4 Å². The predicted octanol–water partition coefficient (Wildman–Crippen LogP) is 4.63. The van der Waals surface area contributed by atoms with Gasteiger partial charge in [0.05, 0.1) is 12.1 Å². The lowest BCUT2D eigenvalue weighted by Crippen LogP contribution is -2.31. The molecule has 2 heterocycles. The van der Waals surface area contributed by atoms with Gasteiger partial charge in [-0.3, -0.25) is 19.1 Å². The van der Waals surface area contributed by atoms with E-state index < -0.39 is 23.1 Å². The van der Waals surface area contributed by atoms with E-state index in [1.807, 2.05) is 38.4 Å². The molecule has 3 N–H and O–H groups in total. The van der Waals surface area contributed by atoms with Crippen molar-refractivity contribution in [3.8, 4) is 0 Å². The van der Waals surface area contributed by atoms with E-state index in [4.69, 9.17) is 0 Å². The summed E-state index contributed by atoms with van der Waals surface area (Å²) in [6.07, 6.45) is 6.19. The largest absolute Gasteiger partial charge is 0.352 e. The predicted molar refractivity (Wildman–Crippen MR) is 186 cm³/mol. The maximum atomic E-state index is 13.7. The molecule has 5 aromatic rings. The summed E-state index contributed by atoms with van der Waals surface area (Å²) in [5, 5.41) is 9.66. The van der Waals surface area contributed by atoms with Crippen LogP contribution in [0.1, 0.15) is 44.0 Å². The molecule has 2 amide bonds. The number of hydrogen-bond donors (Lipinski definition) is 3. The van der Waals surface area contributed by atoms with Gasteiger partial charge >= 0.3 is 0 Å². The van der Waals surface area contributed by atoms with E-state index in [1.165, 1.54) is 15.4 Å². The smallest absolute Gasteiger partial charge is 0.280 e. The molecule has 0 saturated carbocycles.